The Morgan fingerprint density at radius 2 is 2.44 bits per heavy atom. The highest BCUT2D eigenvalue weighted by Gasteiger charge is 2.13. The van der Waals surface area contributed by atoms with Gasteiger partial charge in [0, 0.05) is 5.57 Å². The molecule has 0 N–H and O–H groups in total. The van der Waals surface area contributed by atoms with E-state index >= 15 is 0 Å². The SMILES string of the molecule is C/C=C1/CCCOC1=O. The summed E-state index contributed by atoms with van der Waals surface area (Å²) in [4.78, 5) is 10.7. The summed E-state index contributed by atoms with van der Waals surface area (Å²) in [6.07, 6.45) is 3.68. The number of rotatable bonds is 0. The Hall–Kier alpha value is -0.790. The highest BCUT2D eigenvalue weighted by Crippen LogP contribution is 2.12. The van der Waals surface area contributed by atoms with Gasteiger partial charge in [-0.25, -0.2) is 4.79 Å². The molecule has 0 aromatic heterocycles. The molecule has 1 aliphatic rings. The molecule has 1 rings (SSSR count). The molecule has 0 saturated carbocycles. The number of hydrogen-bond donors (Lipinski definition) is 0. The molecule has 0 aliphatic carbocycles. The van der Waals surface area contributed by atoms with Crippen molar-refractivity contribution >= 4 is 5.97 Å². The lowest BCUT2D eigenvalue weighted by atomic mass is 10.1. The van der Waals surface area contributed by atoms with Crippen LogP contribution in [0.2, 0.25) is 0 Å². The monoisotopic (exact) mass is 126 g/mol. The van der Waals surface area contributed by atoms with Crippen LogP contribution in [0.5, 0.6) is 0 Å². The lowest BCUT2D eigenvalue weighted by Crippen LogP contribution is -2.14. The van der Waals surface area contributed by atoms with Crippen LogP contribution in [0.3, 0.4) is 0 Å². The molecule has 0 aromatic carbocycles. The first kappa shape index (κ1) is 6.33. The molecule has 50 valence electrons. The normalized spacial score (nSPS) is 24.1. The van der Waals surface area contributed by atoms with Gasteiger partial charge in [0.05, 0.1) is 6.61 Å². The minimum atomic E-state index is -0.135. The van der Waals surface area contributed by atoms with Crippen LogP contribution in [-0.4, -0.2) is 12.6 Å². The number of allylic oxidation sites excluding steroid dienone is 1. The number of esters is 1. The quantitative estimate of drug-likeness (QED) is 0.361. The van der Waals surface area contributed by atoms with Crippen molar-refractivity contribution in [3.8, 4) is 0 Å². The molecule has 0 atom stereocenters. The van der Waals surface area contributed by atoms with Gasteiger partial charge in [0.1, 0.15) is 0 Å². The lowest BCUT2D eigenvalue weighted by molar-refractivity contribution is -0.141. The molecule has 1 aliphatic heterocycles. The van der Waals surface area contributed by atoms with Gasteiger partial charge in [-0.1, -0.05) is 6.08 Å². The molecular formula is C7H10O2. The minimum absolute atomic E-state index is 0.135. The van der Waals surface area contributed by atoms with Crippen molar-refractivity contribution in [1.82, 2.24) is 0 Å². The minimum Gasteiger partial charge on any atom is -0.462 e. The van der Waals surface area contributed by atoms with Gasteiger partial charge in [-0.05, 0) is 19.8 Å². The summed E-state index contributed by atoms with van der Waals surface area (Å²) in [6, 6.07) is 0. The zero-order valence-electron chi connectivity index (χ0n) is 5.52. The molecule has 0 bridgehead atoms. The Kier molecular flexibility index (Phi) is 1.88. The zero-order chi connectivity index (χ0) is 6.69. The summed E-state index contributed by atoms with van der Waals surface area (Å²) >= 11 is 0. The Labute approximate surface area is 54.5 Å². The van der Waals surface area contributed by atoms with Crippen molar-refractivity contribution in [2.24, 2.45) is 0 Å². The van der Waals surface area contributed by atoms with E-state index in [-0.39, 0.29) is 5.97 Å². The van der Waals surface area contributed by atoms with Crippen molar-refractivity contribution in [2.45, 2.75) is 19.8 Å². The molecular weight excluding hydrogens is 116 g/mol. The fraction of sp³-hybridized carbons (Fsp3) is 0.571. The van der Waals surface area contributed by atoms with E-state index < -0.39 is 0 Å². The first-order valence-electron chi connectivity index (χ1n) is 3.17. The number of hydrogen-bond acceptors (Lipinski definition) is 2. The molecule has 1 saturated heterocycles. The first-order valence-corrected chi connectivity index (χ1v) is 3.17. The number of ether oxygens (including phenoxy) is 1. The smallest absolute Gasteiger partial charge is 0.333 e. The van der Waals surface area contributed by atoms with Crippen molar-refractivity contribution in [3.05, 3.63) is 11.6 Å². The van der Waals surface area contributed by atoms with E-state index in [1.54, 1.807) is 0 Å². The standard InChI is InChI=1S/C7H10O2/c1-2-6-4-3-5-9-7(6)8/h2H,3-5H2,1H3/b6-2-. The van der Waals surface area contributed by atoms with E-state index in [1.807, 2.05) is 13.0 Å². The summed E-state index contributed by atoms with van der Waals surface area (Å²) < 4.78 is 4.77. The molecule has 0 spiro atoms. The second kappa shape index (κ2) is 2.67. The van der Waals surface area contributed by atoms with Crippen LogP contribution in [0.25, 0.3) is 0 Å². The highest BCUT2D eigenvalue weighted by molar-refractivity contribution is 5.88. The van der Waals surface area contributed by atoms with E-state index in [0.29, 0.717) is 6.61 Å². The van der Waals surface area contributed by atoms with E-state index in [4.69, 9.17) is 4.74 Å². The Morgan fingerprint density at radius 3 is 2.89 bits per heavy atom. The summed E-state index contributed by atoms with van der Waals surface area (Å²) in [5, 5.41) is 0. The van der Waals surface area contributed by atoms with Gasteiger partial charge in [0.25, 0.3) is 0 Å². The van der Waals surface area contributed by atoms with Gasteiger partial charge in [-0.3, -0.25) is 0 Å². The Bertz CT molecular complexity index is 147. The largest absolute Gasteiger partial charge is 0.462 e. The molecule has 9 heavy (non-hydrogen) atoms. The van der Waals surface area contributed by atoms with Crippen LogP contribution < -0.4 is 0 Å². The van der Waals surface area contributed by atoms with Crippen LogP contribution in [0.1, 0.15) is 19.8 Å². The van der Waals surface area contributed by atoms with Crippen molar-refractivity contribution in [1.29, 1.82) is 0 Å². The number of cyclic esters (lactones) is 1. The molecule has 0 aromatic rings. The fourth-order valence-corrected chi connectivity index (χ4v) is 0.884. The average molecular weight is 126 g/mol. The van der Waals surface area contributed by atoms with Crippen molar-refractivity contribution in [2.75, 3.05) is 6.61 Å². The van der Waals surface area contributed by atoms with Crippen LogP contribution in [0.4, 0.5) is 0 Å². The molecule has 2 nitrogen and oxygen atoms in total. The van der Waals surface area contributed by atoms with Crippen LogP contribution in [-0.2, 0) is 9.53 Å². The topological polar surface area (TPSA) is 26.3 Å². The molecule has 0 unspecified atom stereocenters. The van der Waals surface area contributed by atoms with Crippen LogP contribution in [0.15, 0.2) is 11.6 Å². The maximum absolute atomic E-state index is 10.7. The third kappa shape index (κ3) is 1.31. The van der Waals surface area contributed by atoms with Crippen molar-refractivity contribution < 1.29 is 9.53 Å². The second-order valence-electron chi connectivity index (χ2n) is 2.05. The Morgan fingerprint density at radius 1 is 1.67 bits per heavy atom. The second-order valence-corrected chi connectivity index (χ2v) is 2.05. The maximum atomic E-state index is 10.7. The lowest BCUT2D eigenvalue weighted by Gasteiger charge is -2.12. The summed E-state index contributed by atoms with van der Waals surface area (Å²) in [5.74, 6) is -0.135. The summed E-state index contributed by atoms with van der Waals surface area (Å²) in [5.41, 5.74) is 0.821. The number of carbonyl (C=O) groups is 1. The van der Waals surface area contributed by atoms with Gasteiger partial charge in [0.2, 0.25) is 0 Å². The molecule has 1 fully saturated rings. The fourth-order valence-electron chi connectivity index (χ4n) is 0.884. The summed E-state index contributed by atoms with van der Waals surface area (Å²) in [7, 11) is 0. The van der Waals surface area contributed by atoms with Crippen LogP contribution >= 0.6 is 0 Å². The van der Waals surface area contributed by atoms with E-state index in [1.165, 1.54) is 0 Å². The number of carbonyl (C=O) groups excluding carboxylic acids is 1. The molecule has 0 radical (unpaired) electrons. The zero-order valence-corrected chi connectivity index (χ0v) is 5.52. The molecule has 2 heteroatoms. The third-order valence-corrected chi connectivity index (χ3v) is 1.43. The predicted octanol–water partition coefficient (Wildman–Crippen LogP) is 1.27. The van der Waals surface area contributed by atoms with Gasteiger partial charge < -0.3 is 4.74 Å². The Balaban J connectivity index is 2.60. The maximum Gasteiger partial charge on any atom is 0.333 e. The molecule has 0 amide bonds. The highest BCUT2D eigenvalue weighted by atomic mass is 16.5. The van der Waals surface area contributed by atoms with E-state index in [0.717, 1.165) is 18.4 Å². The van der Waals surface area contributed by atoms with Gasteiger partial charge >= 0.3 is 5.97 Å². The third-order valence-electron chi connectivity index (χ3n) is 1.43. The van der Waals surface area contributed by atoms with E-state index in [9.17, 15) is 4.79 Å². The summed E-state index contributed by atoms with van der Waals surface area (Å²) in [6.45, 7) is 2.46. The van der Waals surface area contributed by atoms with Crippen molar-refractivity contribution in [3.63, 3.8) is 0 Å². The van der Waals surface area contributed by atoms with Gasteiger partial charge in [0.15, 0.2) is 0 Å². The van der Waals surface area contributed by atoms with E-state index in [2.05, 4.69) is 0 Å². The predicted molar refractivity (Wildman–Crippen MR) is 33.9 cm³/mol. The van der Waals surface area contributed by atoms with Gasteiger partial charge in [-0.2, -0.15) is 0 Å². The average Bonchev–Trinajstić information content (AvgIpc) is 1.89. The molecule has 1 heterocycles. The first-order chi connectivity index (χ1) is 4.34. The van der Waals surface area contributed by atoms with Gasteiger partial charge in [-0.15, -0.1) is 0 Å². The van der Waals surface area contributed by atoms with Crippen LogP contribution in [0, 0.1) is 0 Å².